The number of aliphatic hydroxyl groups excluding tert-OH is 6. The summed E-state index contributed by atoms with van der Waals surface area (Å²) in [5.74, 6) is -3.52. The van der Waals surface area contributed by atoms with Gasteiger partial charge in [-0.05, 0) is 11.1 Å². The third kappa shape index (κ3) is 8.27. The minimum Gasteiger partial charge on any atom is -0.394 e. The second kappa shape index (κ2) is 17.2. The van der Waals surface area contributed by atoms with E-state index in [4.69, 9.17) is 18.9 Å². The molecule has 2 aromatic rings. The van der Waals surface area contributed by atoms with Crippen LogP contribution < -0.4 is 0 Å². The summed E-state index contributed by atoms with van der Waals surface area (Å²) >= 11 is 0. The summed E-state index contributed by atoms with van der Waals surface area (Å²) in [7, 11) is 2.18. The minimum absolute atomic E-state index is 0.129. The molecule has 0 radical (unpaired) electrons. The van der Waals surface area contributed by atoms with Crippen LogP contribution in [-0.2, 0) is 46.5 Å². The Hall–Kier alpha value is -4.05. The maximum Gasteiger partial charge on any atom is 0.333 e. The van der Waals surface area contributed by atoms with Crippen molar-refractivity contribution in [3.63, 3.8) is 0 Å². The van der Waals surface area contributed by atoms with Crippen molar-refractivity contribution in [1.82, 2.24) is 14.7 Å². The van der Waals surface area contributed by atoms with Crippen LogP contribution in [0.1, 0.15) is 11.1 Å². The molecule has 282 valence electrons. The molecule has 2 aromatic carbocycles. The van der Waals surface area contributed by atoms with Gasteiger partial charge in [0.2, 0.25) is 0 Å². The molecule has 5 amide bonds. The zero-order chi connectivity index (χ0) is 37.7. The molecule has 0 aromatic heterocycles. The monoisotopic (exact) mass is 730 g/mol. The number of nitrogens with zero attached hydrogens (tertiary/aromatic N) is 4. The largest absolute Gasteiger partial charge is 0.394 e. The molecule has 10 atom stereocenters. The molecule has 3 heterocycles. The first kappa shape index (κ1) is 39.2. The molecule has 0 saturated carbocycles. The molecule has 52 heavy (non-hydrogen) atoms. The van der Waals surface area contributed by atoms with Crippen molar-refractivity contribution in [3.8, 4) is 0 Å². The third-order valence-electron chi connectivity index (χ3n) is 9.12. The topological polar surface area (TPSA) is 249 Å². The third-order valence-corrected chi connectivity index (χ3v) is 9.12. The van der Waals surface area contributed by atoms with E-state index < -0.39 is 111 Å². The molecule has 0 unspecified atom stereocenters. The number of ether oxygens (including phenoxy) is 4. The van der Waals surface area contributed by atoms with Crippen molar-refractivity contribution >= 4 is 29.5 Å². The molecule has 6 N–H and O–H groups in total. The Labute approximate surface area is 298 Å². The second-order valence-corrected chi connectivity index (χ2v) is 12.5. The SMILES string of the molecule is CN1C(=O)C(=NC(=O)CN([C@@H]2[C@@H](OCc3ccccc3)O[C@H](CO)[C@@H](O)[C@@H]2O)[C@@H]2[C@@H](OCc3ccccc3)O[C@H](CO)[C@@H](O)[C@@H]2O)C(=O)N(C)C1=O. The average Bonchev–Trinajstić information content (AvgIpc) is 3.16. The predicted octanol–water partition coefficient (Wildman–Crippen LogP) is -2.64. The Kier molecular flexibility index (Phi) is 12.9. The van der Waals surface area contributed by atoms with Gasteiger partial charge in [0, 0.05) is 14.1 Å². The normalized spacial score (nSPS) is 31.3. The van der Waals surface area contributed by atoms with Crippen molar-refractivity contribution in [2.24, 2.45) is 4.99 Å². The summed E-state index contributed by atoms with van der Waals surface area (Å²) < 4.78 is 23.9. The van der Waals surface area contributed by atoms with Gasteiger partial charge in [0.25, 0.3) is 17.7 Å². The van der Waals surface area contributed by atoms with E-state index in [1.807, 2.05) is 0 Å². The number of amides is 5. The fourth-order valence-corrected chi connectivity index (χ4v) is 6.25. The van der Waals surface area contributed by atoms with E-state index in [-0.39, 0.29) is 13.2 Å². The molecule has 0 spiro atoms. The van der Waals surface area contributed by atoms with Crippen LogP contribution in [0.4, 0.5) is 4.79 Å². The minimum atomic E-state index is -1.88. The molecule has 0 aliphatic carbocycles. The van der Waals surface area contributed by atoms with E-state index >= 15 is 0 Å². The van der Waals surface area contributed by atoms with Crippen LogP contribution in [0.15, 0.2) is 65.7 Å². The summed E-state index contributed by atoms with van der Waals surface area (Å²) in [6, 6.07) is 13.3. The lowest BCUT2D eigenvalue weighted by atomic mass is 9.90. The number of hydrogen-bond donors (Lipinski definition) is 6. The van der Waals surface area contributed by atoms with Gasteiger partial charge in [0.05, 0.1) is 45.1 Å². The molecule has 18 nitrogen and oxygen atoms in total. The van der Waals surface area contributed by atoms with Crippen molar-refractivity contribution in [3.05, 3.63) is 71.8 Å². The molecule has 3 fully saturated rings. The number of carbonyl (C=O) groups is 4. The highest BCUT2D eigenvalue weighted by Crippen LogP contribution is 2.34. The Morgan fingerprint density at radius 1 is 0.712 bits per heavy atom. The number of aliphatic hydroxyl groups is 6. The van der Waals surface area contributed by atoms with Crippen LogP contribution in [0, 0.1) is 0 Å². The molecular formula is C34H42N4O14. The van der Waals surface area contributed by atoms with E-state index in [0.29, 0.717) is 20.9 Å². The van der Waals surface area contributed by atoms with E-state index in [0.717, 1.165) is 19.0 Å². The van der Waals surface area contributed by atoms with Gasteiger partial charge in [0.1, 0.15) is 36.6 Å². The van der Waals surface area contributed by atoms with Gasteiger partial charge in [-0.15, -0.1) is 0 Å². The van der Waals surface area contributed by atoms with E-state index in [1.54, 1.807) is 60.7 Å². The number of hydrogen-bond acceptors (Lipinski definition) is 15. The number of aliphatic imine (C=N–C) groups is 1. The molecule has 3 aliphatic rings. The van der Waals surface area contributed by atoms with Gasteiger partial charge in [0.15, 0.2) is 18.3 Å². The van der Waals surface area contributed by atoms with Crippen molar-refractivity contribution < 1.29 is 68.8 Å². The van der Waals surface area contributed by atoms with Gasteiger partial charge in [-0.3, -0.25) is 29.1 Å². The molecule has 18 heteroatoms. The molecule has 3 aliphatic heterocycles. The average molecular weight is 731 g/mol. The summed E-state index contributed by atoms with van der Waals surface area (Å²) in [5, 5.41) is 65.3. The first-order chi connectivity index (χ1) is 24.9. The number of benzene rings is 2. The molecule has 3 saturated heterocycles. The number of imide groups is 2. The first-order valence-electron chi connectivity index (χ1n) is 16.4. The van der Waals surface area contributed by atoms with Crippen LogP contribution in [0.5, 0.6) is 0 Å². The van der Waals surface area contributed by atoms with Crippen molar-refractivity contribution in [2.45, 2.75) is 74.5 Å². The lowest BCUT2D eigenvalue weighted by Crippen LogP contribution is -2.72. The maximum atomic E-state index is 13.8. The fraction of sp³-hybridized carbons (Fsp3) is 0.500. The fourth-order valence-electron chi connectivity index (χ4n) is 6.25. The van der Waals surface area contributed by atoms with E-state index in [9.17, 15) is 49.8 Å². The summed E-state index contributed by atoms with van der Waals surface area (Å²) in [6.07, 6.45) is -13.2. The van der Waals surface area contributed by atoms with E-state index in [1.165, 1.54) is 0 Å². The lowest BCUT2D eigenvalue weighted by molar-refractivity contribution is -0.326. The first-order valence-corrected chi connectivity index (χ1v) is 16.4. The van der Waals surface area contributed by atoms with Crippen molar-refractivity contribution in [1.29, 1.82) is 0 Å². The van der Waals surface area contributed by atoms with Crippen LogP contribution >= 0.6 is 0 Å². The van der Waals surface area contributed by atoms with E-state index in [2.05, 4.69) is 4.99 Å². The van der Waals surface area contributed by atoms with Gasteiger partial charge >= 0.3 is 6.03 Å². The Bertz CT molecular complexity index is 1500. The van der Waals surface area contributed by atoms with Crippen LogP contribution in [0.25, 0.3) is 0 Å². The van der Waals surface area contributed by atoms with Gasteiger partial charge in [-0.1, -0.05) is 60.7 Å². The Morgan fingerprint density at radius 3 is 1.50 bits per heavy atom. The zero-order valence-electron chi connectivity index (χ0n) is 28.3. The quantitative estimate of drug-likeness (QED) is 0.131. The highest BCUT2D eigenvalue weighted by molar-refractivity contribution is 6.69. The van der Waals surface area contributed by atoms with Crippen molar-refractivity contribution in [2.75, 3.05) is 33.9 Å². The highest BCUT2D eigenvalue weighted by atomic mass is 16.7. The standard InChI is InChI=1S/C34H42N4O14/c1-36-30(46)23(31(47)37(2)34(36)48)35-22(41)13-38(24-28(44)26(42)20(14-39)51-32(24)49-16-18-9-5-3-6-10-18)25-29(45)27(43)21(15-40)52-33(25)50-17-19-11-7-4-8-12-19/h3-12,20-21,24-29,32-33,39-40,42-45H,13-17H2,1-2H3/t20-,21-,24+,25+,26-,27-,28-,29-,32+,33+/m1/s1. The number of carbonyl (C=O) groups excluding carboxylic acids is 4. The molecule has 5 rings (SSSR count). The smallest absolute Gasteiger partial charge is 0.333 e. The summed E-state index contributed by atoms with van der Waals surface area (Å²) in [6.45, 7) is -2.71. The highest BCUT2D eigenvalue weighted by Gasteiger charge is 2.55. The van der Waals surface area contributed by atoms with Crippen LogP contribution in [0.3, 0.4) is 0 Å². The zero-order valence-corrected chi connectivity index (χ0v) is 28.3. The lowest BCUT2D eigenvalue weighted by Gasteiger charge is -2.52. The Balaban J connectivity index is 1.58. The predicted molar refractivity (Wildman–Crippen MR) is 176 cm³/mol. The number of urea groups is 1. The number of rotatable bonds is 12. The molecular weight excluding hydrogens is 688 g/mol. The summed E-state index contributed by atoms with van der Waals surface area (Å²) in [4.78, 5) is 57.8. The van der Waals surface area contributed by atoms with Gasteiger partial charge in [-0.2, -0.15) is 0 Å². The maximum absolute atomic E-state index is 13.8. The van der Waals surface area contributed by atoms with Crippen LogP contribution in [0.2, 0.25) is 0 Å². The van der Waals surface area contributed by atoms with Gasteiger partial charge in [-0.25, -0.2) is 9.79 Å². The Morgan fingerprint density at radius 2 is 1.12 bits per heavy atom. The molecule has 0 bridgehead atoms. The van der Waals surface area contributed by atoms with Crippen LogP contribution in [-0.4, -0.2) is 170 Å². The second-order valence-electron chi connectivity index (χ2n) is 12.5. The number of barbiturate groups is 1. The summed E-state index contributed by atoms with van der Waals surface area (Å²) in [5.41, 5.74) is 0.414. The van der Waals surface area contributed by atoms with Gasteiger partial charge < -0.3 is 49.6 Å².